The molecule has 1 unspecified atom stereocenters. The molecule has 4 heteroatoms. The Morgan fingerprint density at radius 3 is 2.95 bits per heavy atom. The van der Waals surface area contributed by atoms with Crippen LogP contribution in [0.3, 0.4) is 0 Å². The summed E-state index contributed by atoms with van der Waals surface area (Å²) in [4.78, 5) is 15.3. The minimum Gasteiger partial charge on any atom is -0.468 e. The van der Waals surface area contributed by atoms with E-state index in [1.165, 1.54) is 23.8 Å². The molecule has 1 aromatic heterocycles. The van der Waals surface area contributed by atoms with Crippen molar-refractivity contribution in [3.8, 4) is 0 Å². The van der Waals surface area contributed by atoms with Crippen LogP contribution < -0.4 is 5.32 Å². The molecule has 2 heterocycles. The molecular formula is C15H18N2O2. The highest BCUT2D eigenvalue weighted by Gasteiger charge is 2.32. The number of benzene rings is 1. The average molecular weight is 258 g/mol. The van der Waals surface area contributed by atoms with Crippen LogP contribution in [0.4, 0.5) is 0 Å². The van der Waals surface area contributed by atoms with Crippen molar-refractivity contribution < 1.29 is 9.53 Å². The monoisotopic (exact) mass is 258 g/mol. The van der Waals surface area contributed by atoms with Crippen LogP contribution >= 0.6 is 0 Å². The van der Waals surface area contributed by atoms with Gasteiger partial charge in [-0.15, -0.1) is 0 Å². The fourth-order valence-electron chi connectivity index (χ4n) is 2.94. The largest absolute Gasteiger partial charge is 0.468 e. The molecule has 0 fully saturated rings. The van der Waals surface area contributed by atoms with Crippen LogP contribution in [-0.4, -0.2) is 24.1 Å². The van der Waals surface area contributed by atoms with Gasteiger partial charge in [-0.05, 0) is 18.1 Å². The molecule has 2 atom stereocenters. The molecule has 0 amide bonds. The molecule has 3 rings (SSSR count). The van der Waals surface area contributed by atoms with E-state index in [2.05, 4.69) is 29.4 Å². The number of aromatic nitrogens is 1. The van der Waals surface area contributed by atoms with Crippen LogP contribution in [0.2, 0.25) is 0 Å². The summed E-state index contributed by atoms with van der Waals surface area (Å²) in [7, 11) is 1.44. The van der Waals surface area contributed by atoms with Crippen molar-refractivity contribution in [2.45, 2.75) is 31.8 Å². The number of methoxy groups -OCH3 is 1. The first-order chi connectivity index (χ1) is 9.24. The number of hydrogen-bond acceptors (Lipinski definition) is 3. The maximum atomic E-state index is 11.8. The second-order valence-electron chi connectivity index (χ2n) is 4.97. The zero-order valence-electron chi connectivity index (χ0n) is 11.2. The molecule has 2 aromatic rings. The summed E-state index contributed by atoms with van der Waals surface area (Å²) >= 11 is 0. The molecule has 4 nitrogen and oxygen atoms in total. The molecule has 2 N–H and O–H groups in total. The SMILES string of the molecule is CC[C@@H]1NC(C(=O)OC)Cc2c1[nH]c1ccccc21. The van der Waals surface area contributed by atoms with Crippen LogP contribution in [0.1, 0.15) is 30.6 Å². The Kier molecular flexibility index (Phi) is 3.03. The molecule has 0 bridgehead atoms. The van der Waals surface area contributed by atoms with Gasteiger partial charge in [0.05, 0.1) is 7.11 Å². The summed E-state index contributed by atoms with van der Waals surface area (Å²) in [5.41, 5.74) is 3.60. The Balaban J connectivity index is 2.09. The quantitative estimate of drug-likeness (QED) is 0.813. The third-order valence-corrected chi connectivity index (χ3v) is 3.90. The lowest BCUT2D eigenvalue weighted by molar-refractivity contribution is -0.143. The van der Waals surface area contributed by atoms with Crippen LogP contribution in [-0.2, 0) is 16.0 Å². The number of fused-ring (bicyclic) bond motifs is 3. The zero-order valence-corrected chi connectivity index (χ0v) is 11.2. The number of nitrogens with one attached hydrogen (secondary N) is 2. The van der Waals surface area contributed by atoms with Crippen molar-refractivity contribution in [3.63, 3.8) is 0 Å². The van der Waals surface area contributed by atoms with E-state index in [-0.39, 0.29) is 18.1 Å². The molecule has 1 aromatic carbocycles. The summed E-state index contributed by atoms with van der Waals surface area (Å²) in [5, 5.41) is 4.58. The third-order valence-electron chi connectivity index (χ3n) is 3.90. The van der Waals surface area contributed by atoms with Crippen LogP contribution in [0.15, 0.2) is 24.3 Å². The first-order valence-electron chi connectivity index (χ1n) is 6.68. The summed E-state index contributed by atoms with van der Waals surface area (Å²) in [5.74, 6) is -0.186. The lowest BCUT2D eigenvalue weighted by Crippen LogP contribution is -2.45. The van der Waals surface area contributed by atoms with Crippen molar-refractivity contribution in [2.75, 3.05) is 7.11 Å². The number of carbonyl (C=O) groups is 1. The Morgan fingerprint density at radius 1 is 1.42 bits per heavy atom. The minimum absolute atomic E-state index is 0.181. The highest BCUT2D eigenvalue weighted by atomic mass is 16.5. The normalized spacial score (nSPS) is 22.2. The fourth-order valence-corrected chi connectivity index (χ4v) is 2.94. The van der Waals surface area contributed by atoms with Crippen LogP contribution in [0, 0.1) is 0 Å². The Hall–Kier alpha value is -1.81. The Labute approximate surface area is 112 Å². The first kappa shape index (κ1) is 12.2. The van der Waals surface area contributed by atoms with E-state index in [4.69, 9.17) is 4.74 Å². The third kappa shape index (κ3) is 1.92. The van der Waals surface area contributed by atoms with Gasteiger partial charge in [0.15, 0.2) is 0 Å². The van der Waals surface area contributed by atoms with Crippen LogP contribution in [0.5, 0.6) is 0 Å². The topological polar surface area (TPSA) is 54.1 Å². The number of esters is 1. The average Bonchev–Trinajstić information content (AvgIpc) is 2.84. The standard InChI is InChI=1S/C15H18N2O2/c1-3-11-14-10(8-13(16-11)15(18)19-2)9-6-4-5-7-12(9)17-14/h4-7,11,13,16-17H,3,8H2,1-2H3/t11-,13?/m0/s1. The summed E-state index contributed by atoms with van der Waals surface area (Å²) < 4.78 is 4.87. The number of aromatic amines is 1. The maximum Gasteiger partial charge on any atom is 0.323 e. The van der Waals surface area contributed by atoms with Gasteiger partial charge in [0.2, 0.25) is 0 Å². The predicted octanol–water partition coefficient (Wildman–Crippen LogP) is 2.31. The van der Waals surface area contributed by atoms with Crippen molar-refractivity contribution in [2.24, 2.45) is 0 Å². The van der Waals surface area contributed by atoms with Gasteiger partial charge < -0.3 is 9.72 Å². The highest BCUT2D eigenvalue weighted by molar-refractivity contribution is 5.87. The van der Waals surface area contributed by atoms with E-state index in [0.29, 0.717) is 6.42 Å². The van der Waals surface area contributed by atoms with E-state index in [1.54, 1.807) is 0 Å². The van der Waals surface area contributed by atoms with E-state index in [1.807, 2.05) is 12.1 Å². The molecular weight excluding hydrogens is 240 g/mol. The van der Waals surface area contributed by atoms with Gasteiger partial charge in [-0.1, -0.05) is 25.1 Å². The first-order valence-corrected chi connectivity index (χ1v) is 6.68. The smallest absolute Gasteiger partial charge is 0.323 e. The molecule has 0 aliphatic carbocycles. The number of rotatable bonds is 2. The minimum atomic E-state index is -0.248. The molecule has 0 saturated carbocycles. The van der Waals surface area contributed by atoms with Gasteiger partial charge in [-0.25, -0.2) is 0 Å². The predicted molar refractivity (Wildman–Crippen MR) is 74.0 cm³/mol. The second kappa shape index (κ2) is 4.70. The maximum absolute atomic E-state index is 11.8. The molecule has 0 radical (unpaired) electrons. The number of ether oxygens (including phenoxy) is 1. The highest BCUT2D eigenvalue weighted by Crippen LogP contribution is 2.33. The molecule has 1 aliphatic heterocycles. The second-order valence-corrected chi connectivity index (χ2v) is 4.97. The lowest BCUT2D eigenvalue weighted by atomic mass is 9.93. The summed E-state index contributed by atoms with van der Waals surface area (Å²) in [6, 6.07) is 8.18. The van der Waals surface area contributed by atoms with Gasteiger partial charge in [0.1, 0.15) is 6.04 Å². The Morgan fingerprint density at radius 2 is 2.21 bits per heavy atom. The number of H-pyrrole nitrogens is 1. The zero-order chi connectivity index (χ0) is 13.4. The van der Waals surface area contributed by atoms with Crippen molar-refractivity contribution in [1.82, 2.24) is 10.3 Å². The lowest BCUT2D eigenvalue weighted by Gasteiger charge is -2.29. The Bertz CT molecular complexity index is 618. The van der Waals surface area contributed by atoms with E-state index >= 15 is 0 Å². The molecule has 100 valence electrons. The molecule has 0 saturated heterocycles. The van der Waals surface area contributed by atoms with E-state index < -0.39 is 0 Å². The number of para-hydroxylation sites is 1. The molecule has 1 aliphatic rings. The van der Waals surface area contributed by atoms with Gasteiger partial charge in [0.25, 0.3) is 0 Å². The summed E-state index contributed by atoms with van der Waals surface area (Å²) in [6.45, 7) is 2.12. The van der Waals surface area contributed by atoms with Gasteiger partial charge in [-0.2, -0.15) is 0 Å². The van der Waals surface area contributed by atoms with Gasteiger partial charge in [0, 0.05) is 29.1 Å². The van der Waals surface area contributed by atoms with Gasteiger partial charge in [-0.3, -0.25) is 10.1 Å². The fraction of sp³-hybridized carbons (Fsp3) is 0.400. The van der Waals surface area contributed by atoms with Crippen molar-refractivity contribution in [1.29, 1.82) is 0 Å². The van der Waals surface area contributed by atoms with E-state index in [0.717, 1.165) is 11.9 Å². The van der Waals surface area contributed by atoms with Gasteiger partial charge >= 0.3 is 5.97 Å². The molecule has 19 heavy (non-hydrogen) atoms. The van der Waals surface area contributed by atoms with E-state index in [9.17, 15) is 4.79 Å². The number of hydrogen-bond donors (Lipinski definition) is 2. The molecule has 0 spiro atoms. The van der Waals surface area contributed by atoms with Crippen molar-refractivity contribution >= 4 is 16.9 Å². The summed E-state index contributed by atoms with van der Waals surface area (Å²) in [6.07, 6.45) is 1.62. The van der Waals surface area contributed by atoms with Crippen LogP contribution in [0.25, 0.3) is 10.9 Å². The number of carbonyl (C=O) groups excluding carboxylic acids is 1. The van der Waals surface area contributed by atoms with Crippen molar-refractivity contribution in [3.05, 3.63) is 35.5 Å².